The van der Waals surface area contributed by atoms with Crippen molar-refractivity contribution < 1.29 is 9.72 Å². The van der Waals surface area contributed by atoms with Gasteiger partial charge in [0.05, 0.1) is 11.5 Å². The Morgan fingerprint density at radius 2 is 2.10 bits per heavy atom. The lowest BCUT2D eigenvalue weighted by atomic mass is 10.2. The van der Waals surface area contributed by atoms with Crippen molar-refractivity contribution in [3.05, 3.63) is 33.9 Å². The molecule has 0 heterocycles. The Labute approximate surface area is 117 Å². The molecule has 1 fully saturated rings. The van der Waals surface area contributed by atoms with Crippen molar-refractivity contribution in [3.63, 3.8) is 0 Å². The molecule has 0 radical (unpaired) electrons. The van der Waals surface area contributed by atoms with E-state index in [-0.39, 0.29) is 18.1 Å². The van der Waals surface area contributed by atoms with E-state index in [4.69, 9.17) is 0 Å². The van der Waals surface area contributed by atoms with Gasteiger partial charge in [0.1, 0.15) is 0 Å². The Morgan fingerprint density at radius 1 is 1.40 bits per heavy atom. The summed E-state index contributed by atoms with van der Waals surface area (Å²) in [5.74, 6) is -0.120. The van der Waals surface area contributed by atoms with Gasteiger partial charge in [-0.05, 0) is 31.9 Å². The van der Waals surface area contributed by atoms with Crippen LogP contribution in [0.3, 0.4) is 0 Å². The van der Waals surface area contributed by atoms with Gasteiger partial charge in [-0.15, -0.1) is 0 Å². The van der Waals surface area contributed by atoms with E-state index in [1.54, 1.807) is 19.1 Å². The van der Waals surface area contributed by atoms with Crippen molar-refractivity contribution in [2.24, 2.45) is 0 Å². The topological polar surface area (TPSA) is 84.3 Å². The first-order valence-electron chi connectivity index (χ1n) is 6.84. The van der Waals surface area contributed by atoms with E-state index in [1.807, 2.05) is 0 Å². The highest BCUT2D eigenvalue weighted by atomic mass is 16.6. The first-order valence-corrected chi connectivity index (χ1v) is 6.84. The number of benzene rings is 1. The average molecular weight is 277 g/mol. The molecular formula is C14H19N3O3. The molecule has 1 aliphatic carbocycles. The number of hydrogen-bond donors (Lipinski definition) is 2. The van der Waals surface area contributed by atoms with E-state index in [9.17, 15) is 14.9 Å². The highest BCUT2D eigenvalue weighted by Gasteiger charge is 2.16. The zero-order valence-corrected chi connectivity index (χ0v) is 11.5. The van der Waals surface area contributed by atoms with Gasteiger partial charge in [0, 0.05) is 23.4 Å². The summed E-state index contributed by atoms with van der Waals surface area (Å²) in [6.45, 7) is 1.94. The second-order valence-corrected chi connectivity index (χ2v) is 5.17. The fraction of sp³-hybridized carbons (Fsp3) is 0.500. The van der Waals surface area contributed by atoms with Crippen molar-refractivity contribution in [2.75, 3.05) is 11.9 Å². The second kappa shape index (κ2) is 6.47. The largest absolute Gasteiger partial charge is 0.325 e. The number of anilines is 1. The fourth-order valence-electron chi connectivity index (χ4n) is 2.51. The molecule has 20 heavy (non-hydrogen) atoms. The second-order valence-electron chi connectivity index (χ2n) is 5.17. The predicted octanol–water partition coefficient (Wildman–Crippen LogP) is 2.37. The fourth-order valence-corrected chi connectivity index (χ4v) is 2.51. The number of rotatable bonds is 5. The summed E-state index contributed by atoms with van der Waals surface area (Å²) in [6.07, 6.45) is 4.70. The first kappa shape index (κ1) is 14.5. The molecule has 1 aromatic carbocycles. The number of nitrogens with zero attached hydrogens (tertiary/aromatic N) is 1. The van der Waals surface area contributed by atoms with Crippen molar-refractivity contribution >= 4 is 17.3 Å². The third-order valence-corrected chi connectivity index (χ3v) is 3.58. The molecule has 108 valence electrons. The molecule has 0 aromatic heterocycles. The molecule has 1 amide bonds. The molecule has 2 N–H and O–H groups in total. The van der Waals surface area contributed by atoms with Crippen LogP contribution in [0.25, 0.3) is 0 Å². The van der Waals surface area contributed by atoms with Crippen LogP contribution in [-0.2, 0) is 4.79 Å². The van der Waals surface area contributed by atoms with Gasteiger partial charge in [-0.3, -0.25) is 14.9 Å². The number of nitro benzene ring substituents is 1. The Bertz CT molecular complexity index is 510. The number of carbonyl (C=O) groups is 1. The van der Waals surface area contributed by atoms with Crippen LogP contribution >= 0.6 is 0 Å². The third kappa shape index (κ3) is 3.77. The summed E-state index contributed by atoms with van der Waals surface area (Å²) in [4.78, 5) is 22.1. The minimum Gasteiger partial charge on any atom is -0.325 e. The molecule has 1 saturated carbocycles. The molecule has 0 bridgehead atoms. The first-order chi connectivity index (χ1) is 9.56. The van der Waals surface area contributed by atoms with Gasteiger partial charge in [-0.25, -0.2) is 0 Å². The zero-order chi connectivity index (χ0) is 14.5. The summed E-state index contributed by atoms with van der Waals surface area (Å²) in [5, 5.41) is 16.7. The molecule has 1 aliphatic rings. The van der Waals surface area contributed by atoms with Crippen LogP contribution in [0.1, 0.15) is 31.2 Å². The maximum absolute atomic E-state index is 11.8. The molecule has 0 saturated heterocycles. The van der Waals surface area contributed by atoms with Gasteiger partial charge in [0.2, 0.25) is 5.91 Å². The lowest BCUT2D eigenvalue weighted by molar-refractivity contribution is -0.385. The number of amides is 1. The Kier molecular flexibility index (Phi) is 4.68. The number of carbonyl (C=O) groups excluding carboxylic acids is 1. The van der Waals surface area contributed by atoms with Gasteiger partial charge < -0.3 is 10.6 Å². The van der Waals surface area contributed by atoms with Crippen molar-refractivity contribution in [2.45, 2.75) is 38.6 Å². The van der Waals surface area contributed by atoms with E-state index in [1.165, 1.54) is 18.9 Å². The van der Waals surface area contributed by atoms with Crippen LogP contribution in [-0.4, -0.2) is 23.4 Å². The Morgan fingerprint density at radius 3 is 2.70 bits per heavy atom. The molecule has 2 rings (SSSR count). The summed E-state index contributed by atoms with van der Waals surface area (Å²) in [7, 11) is 0. The van der Waals surface area contributed by atoms with Crippen LogP contribution < -0.4 is 10.6 Å². The molecule has 1 aromatic rings. The van der Waals surface area contributed by atoms with Crippen molar-refractivity contribution in [3.8, 4) is 0 Å². The standard InChI is InChI=1S/C14H19N3O3/c1-10-8-12(6-7-13(10)17(19)20)16-14(18)9-15-11-4-2-3-5-11/h6-8,11,15H,2-5,9H2,1H3,(H,16,18). The summed E-state index contributed by atoms with van der Waals surface area (Å²) >= 11 is 0. The van der Waals surface area contributed by atoms with E-state index in [2.05, 4.69) is 10.6 Å². The molecule has 0 spiro atoms. The van der Waals surface area contributed by atoms with E-state index in [0.717, 1.165) is 12.8 Å². The number of aryl methyl sites for hydroxylation is 1. The molecule has 6 nitrogen and oxygen atoms in total. The van der Waals surface area contributed by atoms with Crippen LogP contribution in [0, 0.1) is 17.0 Å². The molecule has 0 aliphatic heterocycles. The third-order valence-electron chi connectivity index (χ3n) is 3.58. The SMILES string of the molecule is Cc1cc(NC(=O)CNC2CCCC2)ccc1[N+](=O)[O-]. The Hall–Kier alpha value is -1.95. The highest BCUT2D eigenvalue weighted by molar-refractivity contribution is 5.92. The monoisotopic (exact) mass is 277 g/mol. The van der Waals surface area contributed by atoms with E-state index >= 15 is 0 Å². The van der Waals surface area contributed by atoms with Crippen LogP contribution in [0.2, 0.25) is 0 Å². The predicted molar refractivity (Wildman–Crippen MR) is 76.7 cm³/mol. The summed E-state index contributed by atoms with van der Waals surface area (Å²) < 4.78 is 0. The number of nitrogens with one attached hydrogen (secondary N) is 2. The maximum atomic E-state index is 11.8. The summed E-state index contributed by atoms with van der Waals surface area (Å²) in [5.41, 5.74) is 1.19. The average Bonchev–Trinajstić information content (AvgIpc) is 2.89. The normalized spacial score (nSPS) is 15.2. The van der Waals surface area contributed by atoms with Crippen molar-refractivity contribution in [1.82, 2.24) is 5.32 Å². The number of nitro groups is 1. The summed E-state index contributed by atoms with van der Waals surface area (Å²) in [6, 6.07) is 5.03. The zero-order valence-electron chi connectivity index (χ0n) is 11.5. The van der Waals surface area contributed by atoms with Gasteiger partial charge >= 0.3 is 0 Å². The molecular weight excluding hydrogens is 258 g/mol. The van der Waals surface area contributed by atoms with E-state index in [0.29, 0.717) is 17.3 Å². The molecule has 0 atom stereocenters. The van der Waals surface area contributed by atoms with Gasteiger partial charge in [-0.1, -0.05) is 12.8 Å². The highest BCUT2D eigenvalue weighted by Crippen LogP contribution is 2.21. The van der Waals surface area contributed by atoms with E-state index < -0.39 is 4.92 Å². The van der Waals surface area contributed by atoms with Crippen LogP contribution in [0.15, 0.2) is 18.2 Å². The molecule has 0 unspecified atom stereocenters. The van der Waals surface area contributed by atoms with Crippen LogP contribution in [0.5, 0.6) is 0 Å². The van der Waals surface area contributed by atoms with Gasteiger partial charge in [0.25, 0.3) is 5.69 Å². The van der Waals surface area contributed by atoms with Crippen molar-refractivity contribution in [1.29, 1.82) is 0 Å². The molecule has 6 heteroatoms. The Balaban J connectivity index is 1.87. The quantitative estimate of drug-likeness (QED) is 0.639. The van der Waals surface area contributed by atoms with Gasteiger partial charge in [0.15, 0.2) is 0 Å². The van der Waals surface area contributed by atoms with Gasteiger partial charge in [-0.2, -0.15) is 0 Å². The number of hydrogen-bond acceptors (Lipinski definition) is 4. The maximum Gasteiger partial charge on any atom is 0.272 e. The lowest BCUT2D eigenvalue weighted by Gasteiger charge is -2.12. The lowest BCUT2D eigenvalue weighted by Crippen LogP contribution is -2.34. The minimum absolute atomic E-state index is 0.0621. The van der Waals surface area contributed by atoms with Crippen LogP contribution in [0.4, 0.5) is 11.4 Å². The minimum atomic E-state index is -0.428. The smallest absolute Gasteiger partial charge is 0.272 e.